The quantitative estimate of drug-likeness (QED) is 0.730. The number of ether oxygens (including phenoxy) is 1. The summed E-state index contributed by atoms with van der Waals surface area (Å²) >= 11 is 0. The SMILES string of the molecule is Cc1cc(NC(=O)COC(=O)Cc2cccc3ccccc23)no1. The molecule has 1 aromatic heterocycles. The first-order valence-corrected chi connectivity index (χ1v) is 7.47. The molecule has 0 fully saturated rings. The molecule has 1 N–H and O–H groups in total. The van der Waals surface area contributed by atoms with E-state index in [1.54, 1.807) is 13.0 Å². The number of aromatic nitrogens is 1. The van der Waals surface area contributed by atoms with E-state index in [-0.39, 0.29) is 13.0 Å². The first kappa shape index (κ1) is 15.7. The van der Waals surface area contributed by atoms with Crippen LogP contribution in [0.4, 0.5) is 5.82 Å². The highest BCUT2D eigenvalue weighted by atomic mass is 16.5. The molecule has 0 aliphatic carbocycles. The summed E-state index contributed by atoms with van der Waals surface area (Å²) in [4.78, 5) is 23.7. The van der Waals surface area contributed by atoms with Gasteiger partial charge in [-0.1, -0.05) is 47.6 Å². The number of benzene rings is 2. The molecule has 24 heavy (non-hydrogen) atoms. The Morgan fingerprint density at radius 3 is 2.75 bits per heavy atom. The molecule has 6 heteroatoms. The van der Waals surface area contributed by atoms with Gasteiger partial charge in [-0.2, -0.15) is 0 Å². The van der Waals surface area contributed by atoms with E-state index in [0.717, 1.165) is 16.3 Å². The van der Waals surface area contributed by atoms with Gasteiger partial charge in [0.2, 0.25) is 0 Å². The van der Waals surface area contributed by atoms with E-state index in [9.17, 15) is 9.59 Å². The van der Waals surface area contributed by atoms with Gasteiger partial charge in [0.15, 0.2) is 12.4 Å². The van der Waals surface area contributed by atoms with Crippen LogP contribution in [-0.4, -0.2) is 23.6 Å². The summed E-state index contributed by atoms with van der Waals surface area (Å²) in [7, 11) is 0. The van der Waals surface area contributed by atoms with Crippen LogP contribution in [0.25, 0.3) is 10.8 Å². The van der Waals surface area contributed by atoms with Crippen LogP contribution < -0.4 is 5.32 Å². The van der Waals surface area contributed by atoms with Crippen molar-refractivity contribution in [2.75, 3.05) is 11.9 Å². The Morgan fingerprint density at radius 2 is 1.96 bits per heavy atom. The largest absolute Gasteiger partial charge is 0.455 e. The molecule has 3 rings (SSSR count). The van der Waals surface area contributed by atoms with Crippen LogP contribution in [0, 0.1) is 6.92 Å². The number of anilines is 1. The van der Waals surface area contributed by atoms with Gasteiger partial charge in [0.25, 0.3) is 5.91 Å². The average molecular weight is 324 g/mol. The van der Waals surface area contributed by atoms with Gasteiger partial charge in [0.1, 0.15) is 5.76 Å². The molecule has 0 aliphatic rings. The fourth-order valence-corrected chi connectivity index (χ4v) is 2.40. The highest BCUT2D eigenvalue weighted by Gasteiger charge is 2.12. The van der Waals surface area contributed by atoms with Crippen LogP contribution in [0.5, 0.6) is 0 Å². The van der Waals surface area contributed by atoms with Crippen molar-refractivity contribution in [3.8, 4) is 0 Å². The lowest BCUT2D eigenvalue weighted by Gasteiger charge is -2.07. The Bertz CT molecular complexity index is 880. The highest BCUT2D eigenvalue weighted by Crippen LogP contribution is 2.19. The molecule has 0 saturated carbocycles. The maximum atomic E-state index is 12.0. The minimum absolute atomic E-state index is 0.109. The van der Waals surface area contributed by atoms with Gasteiger partial charge in [-0.3, -0.25) is 9.59 Å². The molecule has 6 nitrogen and oxygen atoms in total. The predicted molar refractivity (Wildman–Crippen MR) is 88.5 cm³/mol. The van der Waals surface area contributed by atoms with Crippen molar-refractivity contribution in [3.63, 3.8) is 0 Å². The topological polar surface area (TPSA) is 81.4 Å². The van der Waals surface area contributed by atoms with E-state index in [1.165, 1.54) is 0 Å². The monoisotopic (exact) mass is 324 g/mol. The summed E-state index contributed by atoms with van der Waals surface area (Å²) in [6.07, 6.45) is 0.109. The van der Waals surface area contributed by atoms with Crippen molar-refractivity contribution in [3.05, 3.63) is 59.9 Å². The fourth-order valence-electron chi connectivity index (χ4n) is 2.40. The lowest BCUT2D eigenvalue weighted by atomic mass is 10.0. The molecular weight excluding hydrogens is 308 g/mol. The summed E-state index contributed by atoms with van der Waals surface area (Å²) in [6, 6.07) is 15.1. The van der Waals surface area contributed by atoms with Crippen molar-refractivity contribution < 1.29 is 18.8 Å². The van der Waals surface area contributed by atoms with Crippen LogP contribution in [0.15, 0.2) is 53.1 Å². The van der Waals surface area contributed by atoms with E-state index in [1.807, 2.05) is 42.5 Å². The summed E-state index contributed by atoms with van der Waals surface area (Å²) < 4.78 is 9.86. The number of hydrogen-bond donors (Lipinski definition) is 1. The normalized spacial score (nSPS) is 10.5. The first-order valence-electron chi connectivity index (χ1n) is 7.47. The fraction of sp³-hybridized carbons (Fsp3) is 0.167. The first-order chi connectivity index (χ1) is 11.6. The number of carbonyl (C=O) groups is 2. The number of amides is 1. The second-order valence-electron chi connectivity index (χ2n) is 5.35. The van der Waals surface area contributed by atoms with Gasteiger partial charge in [-0.25, -0.2) is 0 Å². The van der Waals surface area contributed by atoms with E-state index >= 15 is 0 Å². The second-order valence-corrected chi connectivity index (χ2v) is 5.35. The molecule has 1 heterocycles. The number of nitrogens with one attached hydrogen (secondary N) is 1. The maximum Gasteiger partial charge on any atom is 0.310 e. The summed E-state index contributed by atoms with van der Waals surface area (Å²) in [5.41, 5.74) is 0.866. The minimum atomic E-state index is -0.463. The van der Waals surface area contributed by atoms with Crippen molar-refractivity contribution in [1.29, 1.82) is 0 Å². The molecule has 0 atom stereocenters. The van der Waals surface area contributed by atoms with E-state index in [2.05, 4.69) is 10.5 Å². The Kier molecular flexibility index (Phi) is 4.56. The zero-order valence-electron chi connectivity index (χ0n) is 13.1. The Morgan fingerprint density at radius 1 is 1.17 bits per heavy atom. The number of fused-ring (bicyclic) bond motifs is 1. The molecular formula is C18H16N2O4. The summed E-state index contributed by atoms with van der Waals surface area (Å²) in [6.45, 7) is 1.35. The average Bonchev–Trinajstić information content (AvgIpc) is 2.98. The van der Waals surface area contributed by atoms with Gasteiger partial charge in [-0.05, 0) is 23.3 Å². The lowest BCUT2D eigenvalue weighted by Crippen LogP contribution is -2.21. The number of carbonyl (C=O) groups excluding carboxylic acids is 2. The van der Waals surface area contributed by atoms with Gasteiger partial charge < -0.3 is 14.6 Å². The minimum Gasteiger partial charge on any atom is -0.455 e. The standard InChI is InChI=1S/C18H16N2O4/c1-12-9-16(20-24-12)19-17(21)11-23-18(22)10-14-7-4-6-13-5-2-3-8-15(13)14/h2-9H,10-11H2,1H3,(H,19,20,21). The Balaban J connectivity index is 1.56. The number of aryl methyl sites for hydroxylation is 1. The summed E-state index contributed by atoms with van der Waals surface area (Å²) in [5, 5.41) is 8.18. The number of esters is 1. The number of hydrogen-bond acceptors (Lipinski definition) is 5. The maximum absolute atomic E-state index is 12.0. The second kappa shape index (κ2) is 6.95. The van der Waals surface area contributed by atoms with Crippen LogP contribution in [0.1, 0.15) is 11.3 Å². The van der Waals surface area contributed by atoms with Crippen molar-refractivity contribution in [1.82, 2.24) is 5.16 Å². The third-order valence-corrected chi connectivity index (χ3v) is 3.47. The van der Waals surface area contributed by atoms with E-state index in [4.69, 9.17) is 9.26 Å². The zero-order chi connectivity index (χ0) is 16.9. The van der Waals surface area contributed by atoms with E-state index in [0.29, 0.717) is 11.6 Å². The van der Waals surface area contributed by atoms with Crippen molar-refractivity contribution >= 4 is 28.5 Å². The van der Waals surface area contributed by atoms with Gasteiger partial charge >= 0.3 is 5.97 Å². The van der Waals surface area contributed by atoms with Crippen LogP contribution in [0.2, 0.25) is 0 Å². The Hall–Kier alpha value is -3.15. The highest BCUT2D eigenvalue weighted by molar-refractivity contribution is 5.93. The van der Waals surface area contributed by atoms with E-state index < -0.39 is 11.9 Å². The molecule has 0 saturated heterocycles. The van der Waals surface area contributed by atoms with Crippen LogP contribution >= 0.6 is 0 Å². The van der Waals surface area contributed by atoms with Gasteiger partial charge in [0.05, 0.1) is 6.42 Å². The molecule has 0 unspecified atom stereocenters. The van der Waals surface area contributed by atoms with Gasteiger partial charge in [-0.15, -0.1) is 0 Å². The third-order valence-electron chi connectivity index (χ3n) is 3.47. The molecule has 0 spiro atoms. The molecule has 0 bridgehead atoms. The Labute approximate surface area is 138 Å². The molecule has 0 aliphatic heterocycles. The van der Waals surface area contributed by atoms with Gasteiger partial charge in [0, 0.05) is 6.07 Å². The molecule has 0 radical (unpaired) electrons. The van der Waals surface area contributed by atoms with Crippen LogP contribution in [0.3, 0.4) is 0 Å². The molecule has 1 amide bonds. The third kappa shape index (κ3) is 3.78. The number of rotatable bonds is 5. The van der Waals surface area contributed by atoms with Crippen molar-refractivity contribution in [2.24, 2.45) is 0 Å². The van der Waals surface area contributed by atoms with Crippen LogP contribution in [-0.2, 0) is 20.7 Å². The smallest absolute Gasteiger partial charge is 0.310 e. The summed E-state index contributed by atoms with van der Waals surface area (Å²) in [5.74, 6) is -0.0479. The van der Waals surface area contributed by atoms with Crippen molar-refractivity contribution in [2.45, 2.75) is 13.3 Å². The number of nitrogens with zero attached hydrogens (tertiary/aromatic N) is 1. The molecule has 3 aromatic rings. The molecule has 2 aromatic carbocycles. The predicted octanol–water partition coefficient (Wildman–Crippen LogP) is 2.86. The lowest BCUT2D eigenvalue weighted by molar-refractivity contribution is -0.146. The molecule has 122 valence electrons. The zero-order valence-corrected chi connectivity index (χ0v) is 13.1.